The molecule has 0 atom stereocenters. The average molecular weight is 412 g/mol. The fraction of sp³-hybridized carbons (Fsp3) is 0.562. The number of ether oxygens (including phenoxy) is 1. The summed E-state index contributed by atoms with van der Waals surface area (Å²) in [6, 6.07) is 2.06. The van der Waals surface area contributed by atoms with E-state index < -0.39 is 40.2 Å². The molecule has 0 amide bonds. The Kier molecular flexibility index (Phi) is 6.82. The molecule has 1 fully saturated rings. The summed E-state index contributed by atoms with van der Waals surface area (Å²) in [5.74, 6) is -1.84. The van der Waals surface area contributed by atoms with Gasteiger partial charge in [0.05, 0.1) is 18.1 Å². The number of hydrogen-bond acceptors (Lipinski definition) is 4. The summed E-state index contributed by atoms with van der Waals surface area (Å²) in [4.78, 5) is 11.7. The first-order valence-corrected chi connectivity index (χ1v) is 9.75. The Morgan fingerprint density at radius 3 is 2.48 bits per heavy atom. The second-order valence-electron chi connectivity index (χ2n) is 6.05. The zero-order valence-corrected chi connectivity index (χ0v) is 15.4. The molecular weight excluding hydrogens is 392 g/mol. The lowest BCUT2D eigenvalue weighted by molar-refractivity contribution is -0.149. The number of esters is 1. The van der Waals surface area contributed by atoms with Gasteiger partial charge in [-0.3, -0.25) is 4.79 Å². The Bertz CT molecular complexity index is 775. The topological polar surface area (TPSA) is 75.7 Å². The van der Waals surface area contributed by atoms with Gasteiger partial charge in [0.15, 0.2) is 0 Å². The van der Waals surface area contributed by atoms with E-state index in [0.717, 1.165) is 16.4 Å². The van der Waals surface area contributed by atoms with Crippen LogP contribution in [0.25, 0.3) is 0 Å². The summed E-state index contributed by atoms with van der Waals surface area (Å²) in [5, 5.41) is 0. The maximum atomic E-state index is 13.1. The molecule has 0 bridgehead atoms. The molecule has 0 saturated carbocycles. The number of nitrogens with one attached hydrogen (secondary N) is 1. The van der Waals surface area contributed by atoms with E-state index in [1.165, 1.54) is 0 Å². The standard InChI is InChI=1S/C16H20F4N2O4S/c1-2-26-15(23)11-5-7-22(8-6-11)27(24,25)21-10-12-3-4-13(17)9-14(12)16(18,19)20/h3-4,9,11,21H,2,5-8,10H2,1H3. The van der Waals surface area contributed by atoms with Gasteiger partial charge in [-0.25, -0.2) is 4.39 Å². The number of hydrogen-bond donors (Lipinski definition) is 1. The number of carbonyl (C=O) groups excluding carboxylic acids is 1. The van der Waals surface area contributed by atoms with E-state index in [9.17, 15) is 30.8 Å². The van der Waals surface area contributed by atoms with Gasteiger partial charge in [-0.15, -0.1) is 0 Å². The highest BCUT2D eigenvalue weighted by molar-refractivity contribution is 7.87. The van der Waals surface area contributed by atoms with Gasteiger partial charge in [-0.05, 0) is 37.5 Å². The van der Waals surface area contributed by atoms with E-state index in [2.05, 4.69) is 4.72 Å². The Labute approximate surface area is 154 Å². The number of nitrogens with zero attached hydrogens (tertiary/aromatic N) is 1. The number of halogens is 4. The summed E-state index contributed by atoms with van der Waals surface area (Å²) in [6.45, 7) is 1.38. The van der Waals surface area contributed by atoms with Crippen LogP contribution in [-0.4, -0.2) is 38.4 Å². The Hall–Kier alpha value is -1.72. The largest absolute Gasteiger partial charge is 0.466 e. The predicted molar refractivity (Wildman–Crippen MR) is 88.1 cm³/mol. The monoisotopic (exact) mass is 412 g/mol. The van der Waals surface area contributed by atoms with Crippen molar-refractivity contribution in [3.8, 4) is 0 Å². The molecule has 1 aromatic carbocycles. The zero-order chi connectivity index (χ0) is 20.2. The highest BCUT2D eigenvalue weighted by atomic mass is 32.2. The molecule has 6 nitrogen and oxygen atoms in total. The third-order valence-corrected chi connectivity index (χ3v) is 5.79. The van der Waals surface area contributed by atoms with Crippen molar-refractivity contribution >= 4 is 16.2 Å². The number of benzene rings is 1. The number of carbonyl (C=O) groups is 1. The maximum absolute atomic E-state index is 13.1. The van der Waals surface area contributed by atoms with Crippen LogP contribution >= 0.6 is 0 Å². The van der Waals surface area contributed by atoms with Gasteiger partial charge >= 0.3 is 12.1 Å². The first-order valence-electron chi connectivity index (χ1n) is 8.31. The van der Waals surface area contributed by atoms with Crippen molar-refractivity contribution in [1.82, 2.24) is 9.03 Å². The smallest absolute Gasteiger partial charge is 0.416 e. The van der Waals surface area contributed by atoms with Crippen molar-refractivity contribution in [2.24, 2.45) is 5.92 Å². The van der Waals surface area contributed by atoms with E-state index in [4.69, 9.17) is 4.74 Å². The molecule has 0 unspecified atom stereocenters. The molecule has 1 aliphatic rings. The molecular formula is C16H20F4N2O4S. The molecule has 2 rings (SSSR count). The van der Waals surface area contributed by atoms with Crippen LogP contribution in [0.3, 0.4) is 0 Å². The van der Waals surface area contributed by atoms with Crippen molar-refractivity contribution < 1.29 is 35.5 Å². The van der Waals surface area contributed by atoms with Crippen molar-refractivity contribution in [2.45, 2.75) is 32.5 Å². The van der Waals surface area contributed by atoms with E-state index in [1.807, 2.05) is 0 Å². The second-order valence-corrected chi connectivity index (χ2v) is 7.81. The highest BCUT2D eigenvalue weighted by Gasteiger charge is 2.35. The SMILES string of the molecule is CCOC(=O)C1CCN(S(=O)(=O)NCc2ccc(F)cc2C(F)(F)F)CC1. The minimum atomic E-state index is -4.80. The summed E-state index contributed by atoms with van der Waals surface area (Å²) >= 11 is 0. The average Bonchev–Trinajstić information content (AvgIpc) is 2.60. The highest BCUT2D eigenvalue weighted by Crippen LogP contribution is 2.32. The summed E-state index contributed by atoms with van der Waals surface area (Å²) in [5.41, 5.74) is -1.61. The fourth-order valence-corrected chi connectivity index (χ4v) is 4.03. The van der Waals surface area contributed by atoms with Gasteiger partial charge in [0, 0.05) is 19.6 Å². The molecule has 0 spiro atoms. The number of piperidine rings is 1. The third kappa shape index (κ3) is 5.63. The lowest BCUT2D eigenvalue weighted by atomic mass is 9.98. The van der Waals surface area contributed by atoms with E-state index in [1.54, 1.807) is 6.92 Å². The molecule has 1 saturated heterocycles. The minimum Gasteiger partial charge on any atom is -0.466 e. The lowest BCUT2D eigenvalue weighted by Gasteiger charge is -2.30. The molecule has 0 aliphatic carbocycles. The van der Waals surface area contributed by atoms with Crippen LogP contribution in [0.1, 0.15) is 30.9 Å². The van der Waals surface area contributed by atoms with E-state index >= 15 is 0 Å². The van der Waals surface area contributed by atoms with Crippen molar-refractivity contribution in [2.75, 3.05) is 19.7 Å². The van der Waals surface area contributed by atoms with Crippen LogP contribution in [0.4, 0.5) is 17.6 Å². The first kappa shape index (κ1) is 21.6. The molecule has 11 heteroatoms. The normalized spacial score (nSPS) is 17.1. The van der Waals surface area contributed by atoms with Crippen molar-refractivity contribution in [3.63, 3.8) is 0 Å². The Morgan fingerprint density at radius 2 is 1.93 bits per heavy atom. The third-order valence-electron chi connectivity index (χ3n) is 4.24. The Morgan fingerprint density at radius 1 is 1.30 bits per heavy atom. The lowest BCUT2D eigenvalue weighted by Crippen LogP contribution is -2.46. The molecule has 1 aromatic rings. The summed E-state index contributed by atoms with van der Waals surface area (Å²) < 4.78 is 84.8. The van der Waals surface area contributed by atoms with Crippen LogP contribution in [0, 0.1) is 11.7 Å². The van der Waals surface area contributed by atoms with E-state index in [-0.39, 0.29) is 44.1 Å². The van der Waals surface area contributed by atoms with Gasteiger partial charge in [-0.2, -0.15) is 30.6 Å². The molecule has 1 aliphatic heterocycles. The van der Waals surface area contributed by atoms with Gasteiger partial charge in [0.25, 0.3) is 10.2 Å². The number of rotatable bonds is 6. The van der Waals surface area contributed by atoms with Crippen LogP contribution in [0.15, 0.2) is 18.2 Å². The fourth-order valence-electron chi connectivity index (χ4n) is 2.82. The number of alkyl halides is 3. The summed E-state index contributed by atoms with van der Waals surface area (Å²) in [6.07, 6.45) is -4.27. The first-order chi connectivity index (χ1) is 12.5. The zero-order valence-electron chi connectivity index (χ0n) is 14.6. The molecule has 0 aromatic heterocycles. The summed E-state index contributed by atoms with van der Waals surface area (Å²) in [7, 11) is -4.05. The van der Waals surface area contributed by atoms with Gasteiger partial charge in [0.2, 0.25) is 0 Å². The quantitative estimate of drug-likeness (QED) is 0.575. The second kappa shape index (κ2) is 8.53. The molecule has 152 valence electrons. The Balaban J connectivity index is 2.01. The van der Waals surface area contributed by atoms with Crippen LogP contribution in [-0.2, 0) is 32.5 Å². The van der Waals surface area contributed by atoms with Gasteiger partial charge in [0.1, 0.15) is 5.82 Å². The molecule has 0 radical (unpaired) electrons. The van der Waals surface area contributed by atoms with Gasteiger partial charge in [-0.1, -0.05) is 6.07 Å². The maximum Gasteiger partial charge on any atom is 0.416 e. The molecule has 27 heavy (non-hydrogen) atoms. The van der Waals surface area contributed by atoms with Crippen LogP contribution < -0.4 is 4.72 Å². The van der Waals surface area contributed by atoms with Crippen molar-refractivity contribution in [3.05, 3.63) is 35.1 Å². The predicted octanol–water partition coefficient (Wildman–Crippen LogP) is 2.45. The minimum absolute atomic E-state index is 0.0500. The van der Waals surface area contributed by atoms with Crippen LogP contribution in [0.5, 0.6) is 0 Å². The molecule has 1 N–H and O–H groups in total. The van der Waals surface area contributed by atoms with Crippen molar-refractivity contribution in [1.29, 1.82) is 0 Å². The van der Waals surface area contributed by atoms with Gasteiger partial charge < -0.3 is 4.74 Å². The molecule has 1 heterocycles. The van der Waals surface area contributed by atoms with Crippen LogP contribution in [0.2, 0.25) is 0 Å². The van der Waals surface area contributed by atoms with E-state index in [0.29, 0.717) is 6.07 Å².